The number of aryl methyl sites for hydroxylation is 1. The van der Waals surface area contributed by atoms with Crippen LogP contribution in [0, 0.1) is 6.92 Å². The number of imidazole rings is 1. The molecule has 1 atom stereocenters. The number of amides is 1. The number of aromatic nitrogens is 4. The largest absolute Gasteiger partial charge is 0.423 e. The molecule has 2 N–H and O–H groups in total. The Bertz CT molecular complexity index is 572. The van der Waals surface area contributed by atoms with E-state index >= 15 is 0 Å². The molecule has 102 valence electrons. The fourth-order valence-electron chi connectivity index (χ4n) is 1.51. The molecule has 0 radical (unpaired) electrons. The molecule has 0 aliphatic heterocycles. The molecule has 2 rings (SSSR count). The van der Waals surface area contributed by atoms with Crippen molar-refractivity contribution >= 4 is 5.91 Å². The van der Waals surface area contributed by atoms with Gasteiger partial charge < -0.3 is 14.7 Å². The summed E-state index contributed by atoms with van der Waals surface area (Å²) >= 11 is 0. The van der Waals surface area contributed by atoms with Gasteiger partial charge in [0.15, 0.2) is 5.82 Å². The Morgan fingerprint density at radius 3 is 2.53 bits per heavy atom. The van der Waals surface area contributed by atoms with Crippen molar-refractivity contribution in [2.24, 2.45) is 0 Å². The number of carbonyl (C=O) groups is 1. The number of hydrogen-bond donors (Lipinski definition) is 2. The zero-order valence-corrected chi connectivity index (χ0v) is 11.4. The summed E-state index contributed by atoms with van der Waals surface area (Å²) in [4.78, 5) is 18.7. The molecule has 2 aromatic rings. The highest BCUT2D eigenvalue weighted by Crippen LogP contribution is 2.16. The van der Waals surface area contributed by atoms with Crippen LogP contribution in [0.3, 0.4) is 0 Å². The van der Waals surface area contributed by atoms with Crippen LogP contribution in [0.15, 0.2) is 10.6 Å². The Morgan fingerprint density at radius 1 is 1.32 bits per heavy atom. The van der Waals surface area contributed by atoms with Crippen molar-refractivity contribution < 1.29 is 9.21 Å². The van der Waals surface area contributed by atoms with E-state index in [1.165, 1.54) is 0 Å². The van der Waals surface area contributed by atoms with Crippen molar-refractivity contribution in [2.45, 2.75) is 39.7 Å². The van der Waals surface area contributed by atoms with Crippen LogP contribution in [0.5, 0.6) is 0 Å². The molecular formula is C12H17N5O2. The SMILES string of the molecule is Cc1cnc(C(=O)N[C@@H](C)c2nnc(C(C)C)o2)[nH]1. The summed E-state index contributed by atoms with van der Waals surface area (Å²) in [5.41, 5.74) is 0.831. The standard InChI is InChI=1S/C12H17N5O2/c1-6(2)11-16-17-12(19-11)8(4)15-10(18)9-13-5-7(3)14-9/h5-6,8H,1-4H3,(H,13,14)(H,15,18)/t8-/m0/s1. The zero-order valence-electron chi connectivity index (χ0n) is 11.4. The molecule has 7 nitrogen and oxygen atoms in total. The molecule has 0 aromatic carbocycles. The molecule has 0 saturated heterocycles. The maximum Gasteiger partial charge on any atom is 0.287 e. The van der Waals surface area contributed by atoms with Gasteiger partial charge >= 0.3 is 0 Å². The quantitative estimate of drug-likeness (QED) is 0.875. The van der Waals surface area contributed by atoms with Crippen LogP contribution < -0.4 is 5.32 Å². The van der Waals surface area contributed by atoms with E-state index in [0.29, 0.717) is 11.8 Å². The second-order valence-electron chi connectivity index (χ2n) is 4.74. The van der Waals surface area contributed by atoms with Crippen LogP contribution in [0.25, 0.3) is 0 Å². The van der Waals surface area contributed by atoms with Gasteiger partial charge in [0.05, 0.1) is 0 Å². The summed E-state index contributed by atoms with van der Waals surface area (Å²) in [6.07, 6.45) is 1.60. The summed E-state index contributed by atoms with van der Waals surface area (Å²) < 4.78 is 5.48. The number of aromatic amines is 1. The van der Waals surface area contributed by atoms with Crippen LogP contribution in [-0.2, 0) is 0 Å². The van der Waals surface area contributed by atoms with E-state index in [2.05, 4.69) is 25.5 Å². The molecule has 0 saturated carbocycles. The lowest BCUT2D eigenvalue weighted by molar-refractivity contribution is 0.0924. The third-order valence-electron chi connectivity index (χ3n) is 2.59. The molecule has 1 amide bonds. The normalized spacial score (nSPS) is 12.7. The second-order valence-corrected chi connectivity index (χ2v) is 4.74. The van der Waals surface area contributed by atoms with E-state index in [9.17, 15) is 4.79 Å². The summed E-state index contributed by atoms with van der Waals surface area (Å²) in [5.74, 6) is 1.08. The zero-order chi connectivity index (χ0) is 14.0. The first-order valence-corrected chi connectivity index (χ1v) is 6.13. The summed E-state index contributed by atoms with van der Waals surface area (Å²) in [6, 6.07) is -0.363. The lowest BCUT2D eigenvalue weighted by Crippen LogP contribution is -2.27. The topological polar surface area (TPSA) is 96.7 Å². The first kappa shape index (κ1) is 13.3. The number of carbonyl (C=O) groups excluding carboxylic acids is 1. The monoisotopic (exact) mass is 263 g/mol. The van der Waals surface area contributed by atoms with Gasteiger partial charge in [-0.2, -0.15) is 0 Å². The van der Waals surface area contributed by atoms with E-state index < -0.39 is 0 Å². The molecule has 7 heteroatoms. The van der Waals surface area contributed by atoms with Crippen LogP contribution >= 0.6 is 0 Å². The van der Waals surface area contributed by atoms with Crippen molar-refractivity contribution in [3.05, 3.63) is 29.5 Å². The van der Waals surface area contributed by atoms with Crippen molar-refractivity contribution in [3.8, 4) is 0 Å². The molecule has 0 fully saturated rings. The van der Waals surface area contributed by atoms with Gasteiger partial charge in [0.2, 0.25) is 11.8 Å². The molecule has 0 bridgehead atoms. The van der Waals surface area contributed by atoms with Gasteiger partial charge in [-0.05, 0) is 13.8 Å². The Morgan fingerprint density at radius 2 is 2.00 bits per heavy atom. The third-order valence-corrected chi connectivity index (χ3v) is 2.59. The molecule has 2 heterocycles. The number of nitrogens with zero attached hydrogens (tertiary/aromatic N) is 3. The van der Waals surface area contributed by atoms with Crippen molar-refractivity contribution in [1.82, 2.24) is 25.5 Å². The average molecular weight is 263 g/mol. The molecule has 0 aliphatic rings. The number of rotatable bonds is 4. The third kappa shape index (κ3) is 2.98. The van der Waals surface area contributed by atoms with Gasteiger partial charge in [-0.25, -0.2) is 4.98 Å². The number of H-pyrrole nitrogens is 1. The van der Waals surface area contributed by atoms with Crippen molar-refractivity contribution in [3.63, 3.8) is 0 Å². The minimum atomic E-state index is -0.363. The maximum atomic E-state index is 11.9. The van der Waals surface area contributed by atoms with Crippen molar-refractivity contribution in [1.29, 1.82) is 0 Å². The average Bonchev–Trinajstić information content (AvgIpc) is 2.96. The molecule has 0 aliphatic carbocycles. The lowest BCUT2D eigenvalue weighted by Gasteiger charge is -2.08. The Balaban J connectivity index is 2.04. The van der Waals surface area contributed by atoms with E-state index in [0.717, 1.165) is 5.69 Å². The smallest absolute Gasteiger partial charge is 0.287 e. The summed E-state index contributed by atoms with van der Waals surface area (Å²) in [6.45, 7) is 7.55. The molecule has 2 aromatic heterocycles. The van der Waals surface area contributed by atoms with Crippen LogP contribution in [0.2, 0.25) is 0 Å². The maximum absolute atomic E-state index is 11.9. The fourth-order valence-corrected chi connectivity index (χ4v) is 1.51. The van der Waals surface area contributed by atoms with Gasteiger partial charge in [0.25, 0.3) is 5.91 Å². The highest BCUT2D eigenvalue weighted by atomic mass is 16.4. The highest BCUT2D eigenvalue weighted by Gasteiger charge is 2.19. The highest BCUT2D eigenvalue weighted by molar-refractivity contribution is 5.90. The Hall–Kier alpha value is -2.18. The van der Waals surface area contributed by atoms with Crippen LogP contribution in [-0.4, -0.2) is 26.1 Å². The van der Waals surface area contributed by atoms with Gasteiger partial charge in [-0.15, -0.1) is 10.2 Å². The van der Waals surface area contributed by atoms with Gasteiger partial charge in [0.1, 0.15) is 6.04 Å². The number of hydrogen-bond acceptors (Lipinski definition) is 5. The summed E-state index contributed by atoms with van der Waals surface area (Å²) in [7, 11) is 0. The Kier molecular flexibility index (Phi) is 3.64. The van der Waals surface area contributed by atoms with E-state index in [-0.39, 0.29) is 23.7 Å². The van der Waals surface area contributed by atoms with Gasteiger partial charge in [-0.3, -0.25) is 4.79 Å². The first-order chi connectivity index (χ1) is 8.97. The number of nitrogens with one attached hydrogen (secondary N) is 2. The van der Waals surface area contributed by atoms with E-state index in [1.54, 1.807) is 13.1 Å². The predicted molar refractivity (Wildman–Crippen MR) is 67.6 cm³/mol. The van der Waals surface area contributed by atoms with Crippen LogP contribution in [0.4, 0.5) is 0 Å². The first-order valence-electron chi connectivity index (χ1n) is 6.13. The van der Waals surface area contributed by atoms with E-state index in [4.69, 9.17) is 4.42 Å². The minimum Gasteiger partial charge on any atom is -0.423 e. The molecule has 0 spiro atoms. The van der Waals surface area contributed by atoms with E-state index in [1.807, 2.05) is 20.8 Å². The minimum absolute atomic E-state index is 0.164. The lowest BCUT2D eigenvalue weighted by atomic mass is 10.2. The van der Waals surface area contributed by atoms with Gasteiger partial charge in [0, 0.05) is 17.8 Å². The summed E-state index contributed by atoms with van der Waals surface area (Å²) in [5, 5.41) is 10.6. The van der Waals surface area contributed by atoms with Gasteiger partial charge in [-0.1, -0.05) is 13.8 Å². The molecular weight excluding hydrogens is 246 g/mol. The van der Waals surface area contributed by atoms with Crippen LogP contribution in [0.1, 0.15) is 60.8 Å². The molecule has 0 unspecified atom stereocenters. The fraction of sp³-hybridized carbons (Fsp3) is 0.500. The van der Waals surface area contributed by atoms with Crippen molar-refractivity contribution in [2.75, 3.05) is 0 Å². The second kappa shape index (κ2) is 5.21. The molecule has 19 heavy (non-hydrogen) atoms. The Labute approximate surface area is 110 Å². The predicted octanol–water partition coefficient (Wildman–Crippen LogP) is 1.72.